The number of carbonyl (C=O) groups is 1. The van der Waals surface area contributed by atoms with Gasteiger partial charge in [0.05, 0.1) is 14.2 Å². The Labute approximate surface area is 128 Å². The smallest absolute Gasteiger partial charge is 0.261 e. The zero-order chi connectivity index (χ0) is 14.7. The number of methoxy groups -OCH3 is 2. The highest BCUT2D eigenvalue weighted by atomic mass is 79.9. The molecule has 1 amide bonds. The lowest BCUT2D eigenvalue weighted by Gasteiger charge is -2.31. The van der Waals surface area contributed by atoms with E-state index < -0.39 is 0 Å². The van der Waals surface area contributed by atoms with Crippen LogP contribution in [0.1, 0.15) is 30.1 Å². The SMILES string of the molecule is COc1cc(Br)cc(OC)c1C(=O)N1CCCC(C)C1. The minimum atomic E-state index is -0.0160. The van der Waals surface area contributed by atoms with E-state index >= 15 is 0 Å². The summed E-state index contributed by atoms with van der Waals surface area (Å²) in [4.78, 5) is 14.7. The van der Waals surface area contributed by atoms with E-state index in [9.17, 15) is 4.79 Å². The summed E-state index contributed by atoms with van der Waals surface area (Å²) in [5.41, 5.74) is 0.507. The van der Waals surface area contributed by atoms with Gasteiger partial charge in [-0.3, -0.25) is 4.79 Å². The number of halogens is 1. The Morgan fingerprint density at radius 3 is 2.40 bits per heavy atom. The first-order valence-electron chi connectivity index (χ1n) is 6.77. The number of hydrogen-bond acceptors (Lipinski definition) is 3. The molecule has 1 aliphatic rings. The van der Waals surface area contributed by atoms with Gasteiger partial charge in [0.2, 0.25) is 0 Å². The quantitative estimate of drug-likeness (QED) is 0.846. The van der Waals surface area contributed by atoms with Crippen LogP contribution in [0.2, 0.25) is 0 Å². The first kappa shape index (κ1) is 15.2. The van der Waals surface area contributed by atoms with Crippen LogP contribution in [-0.4, -0.2) is 38.1 Å². The molecule has 1 aromatic carbocycles. The van der Waals surface area contributed by atoms with Crippen LogP contribution in [0.25, 0.3) is 0 Å². The summed E-state index contributed by atoms with van der Waals surface area (Å²) >= 11 is 3.40. The molecule has 110 valence electrons. The van der Waals surface area contributed by atoms with Gasteiger partial charge in [-0.15, -0.1) is 0 Å². The van der Waals surface area contributed by atoms with Crippen molar-refractivity contribution in [3.05, 3.63) is 22.2 Å². The lowest BCUT2D eigenvalue weighted by Crippen LogP contribution is -2.39. The predicted octanol–water partition coefficient (Wildman–Crippen LogP) is 3.34. The summed E-state index contributed by atoms with van der Waals surface area (Å²) in [6, 6.07) is 3.59. The summed E-state index contributed by atoms with van der Waals surface area (Å²) in [6.45, 7) is 3.77. The van der Waals surface area contributed by atoms with E-state index in [1.807, 2.05) is 4.90 Å². The zero-order valence-electron chi connectivity index (χ0n) is 12.1. The Kier molecular flexibility index (Phi) is 4.91. The van der Waals surface area contributed by atoms with Gasteiger partial charge in [-0.2, -0.15) is 0 Å². The molecule has 1 atom stereocenters. The molecule has 5 heteroatoms. The molecule has 1 saturated heterocycles. The third kappa shape index (κ3) is 3.08. The number of carbonyl (C=O) groups excluding carboxylic acids is 1. The largest absolute Gasteiger partial charge is 0.496 e. The Morgan fingerprint density at radius 2 is 1.90 bits per heavy atom. The summed E-state index contributed by atoms with van der Waals surface area (Å²) < 4.78 is 11.5. The van der Waals surface area contributed by atoms with Crippen molar-refractivity contribution in [1.29, 1.82) is 0 Å². The number of amides is 1. The molecule has 1 aromatic rings. The lowest BCUT2D eigenvalue weighted by molar-refractivity contribution is 0.0676. The monoisotopic (exact) mass is 341 g/mol. The van der Waals surface area contributed by atoms with E-state index in [0.29, 0.717) is 23.0 Å². The van der Waals surface area contributed by atoms with Crippen LogP contribution in [0.15, 0.2) is 16.6 Å². The van der Waals surface area contributed by atoms with Crippen molar-refractivity contribution in [2.45, 2.75) is 19.8 Å². The third-order valence-corrected chi connectivity index (χ3v) is 4.09. The second-order valence-corrected chi connectivity index (χ2v) is 6.10. The molecule has 4 nitrogen and oxygen atoms in total. The summed E-state index contributed by atoms with van der Waals surface area (Å²) in [6.07, 6.45) is 2.23. The highest BCUT2D eigenvalue weighted by Crippen LogP contribution is 2.34. The maximum absolute atomic E-state index is 12.8. The molecular formula is C15H20BrNO3. The number of hydrogen-bond donors (Lipinski definition) is 0. The zero-order valence-corrected chi connectivity index (χ0v) is 13.7. The summed E-state index contributed by atoms with van der Waals surface area (Å²) in [7, 11) is 3.13. The molecule has 0 saturated carbocycles. The molecule has 1 fully saturated rings. The second kappa shape index (κ2) is 6.48. The van der Waals surface area contributed by atoms with Crippen molar-refractivity contribution in [3.8, 4) is 11.5 Å². The van der Waals surface area contributed by atoms with Crippen molar-refractivity contribution in [1.82, 2.24) is 4.90 Å². The normalized spacial score (nSPS) is 18.8. The van der Waals surface area contributed by atoms with Gasteiger partial charge in [-0.25, -0.2) is 0 Å². The fourth-order valence-electron chi connectivity index (χ4n) is 2.62. The van der Waals surface area contributed by atoms with Crippen LogP contribution in [0.3, 0.4) is 0 Å². The fraction of sp³-hybridized carbons (Fsp3) is 0.533. The Hall–Kier alpha value is -1.23. The van der Waals surface area contributed by atoms with Gasteiger partial charge in [0.1, 0.15) is 17.1 Å². The minimum absolute atomic E-state index is 0.0160. The average molecular weight is 342 g/mol. The standard InChI is InChI=1S/C15H20BrNO3/c1-10-5-4-6-17(9-10)15(18)14-12(19-2)7-11(16)8-13(14)20-3/h7-8,10H,4-6,9H2,1-3H3. The van der Waals surface area contributed by atoms with Crippen LogP contribution in [0.5, 0.6) is 11.5 Å². The highest BCUT2D eigenvalue weighted by molar-refractivity contribution is 9.10. The molecule has 1 aliphatic heterocycles. The third-order valence-electron chi connectivity index (χ3n) is 3.63. The maximum atomic E-state index is 12.8. The molecular weight excluding hydrogens is 322 g/mol. The van der Waals surface area contributed by atoms with Gasteiger partial charge in [-0.05, 0) is 30.9 Å². The molecule has 0 aromatic heterocycles. The van der Waals surface area contributed by atoms with Gasteiger partial charge in [0.15, 0.2) is 0 Å². The second-order valence-electron chi connectivity index (χ2n) is 5.18. The first-order chi connectivity index (χ1) is 9.56. The van der Waals surface area contributed by atoms with Gasteiger partial charge >= 0.3 is 0 Å². The van der Waals surface area contributed by atoms with Crippen LogP contribution in [0, 0.1) is 5.92 Å². The number of benzene rings is 1. The Morgan fingerprint density at radius 1 is 1.30 bits per heavy atom. The lowest BCUT2D eigenvalue weighted by atomic mass is 9.99. The van der Waals surface area contributed by atoms with Crippen molar-refractivity contribution >= 4 is 21.8 Å². The number of piperidine rings is 1. The van der Waals surface area contributed by atoms with E-state index in [0.717, 1.165) is 24.0 Å². The van der Waals surface area contributed by atoms with Crippen molar-refractivity contribution in [3.63, 3.8) is 0 Å². The fourth-order valence-corrected chi connectivity index (χ4v) is 3.04. The summed E-state index contributed by atoms with van der Waals surface area (Å²) in [5, 5.41) is 0. The van der Waals surface area contributed by atoms with E-state index in [1.54, 1.807) is 26.4 Å². The molecule has 1 heterocycles. The van der Waals surface area contributed by atoms with Crippen LogP contribution in [-0.2, 0) is 0 Å². The van der Waals surface area contributed by atoms with Crippen molar-refractivity contribution < 1.29 is 14.3 Å². The molecule has 0 aliphatic carbocycles. The van der Waals surface area contributed by atoms with Gasteiger partial charge in [-0.1, -0.05) is 22.9 Å². The van der Waals surface area contributed by atoms with E-state index in [2.05, 4.69) is 22.9 Å². The molecule has 0 radical (unpaired) electrons. The predicted molar refractivity (Wildman–Crippen MR) is 81.5 cm³/mol. The van der Waals surface area contributed by atoms with Crippen LogP contribution >= 0.6 is 15.9 Å². The number of ether oxygens (including phenoxy) is 2. The van der Waals surface area contributed by atoms with Gasteiger partial charge in [0.25, 0.3) is 5.91 Å². The minimum Gasteiger partial charge on any atom is -0.496 e. The van der Waals surface area contributed by atoms with Crippen molar-refractivity contribution in [2.75, 3.05) is 27.3 Å². The van der Waals surface area contributed by atoms with Crippen molar-refractivity contribution in [2.24, 2.45) is 5.92 Å². The molecule has 20 heavy (non-hydrogen) atoms. The number of likely N-dealkylation sites (tertiary alicyclic amines) is 1. The Balaban J connectivity index is 2.37. The molecule has 1 unspecified atom stereocenters. The molecule has 0 N–H and O–H groups in total. The average Bonchev–Trinajstić information content (AvgIpc) is 2.45. The number of nitrogens with zero attached hydrogens (tertiary/aromatic N) is 1. The van der Waals surface area contributed by atoms with Crippen LogP contribution in [0.4, 0.5) is 0 Å². The van der Waals surface area contributed by atoms with Gasteiger partial charge in [0, 0.05) is 17.6 Å². The van der Waals surface area contributed by atoms with E-state index in [4.69, 9.17) is 9.47 Å². The topological polar surface area (TPSA) is 38.8 Å². The van der Waals surface area contributed by atoms with Gasteiger partial charge < -0.3 is 14.4 Å². The molecule has 2 rings (SSSR count). The molecule has 0 spiro atoms. The molecule has 0 bridgehead atoms. The Bertz CT molecular complexity index is 479. The first-order valence-corrected chi connectivity index (χ1v) is 7.57. The number of rotatable bonds is 3. The van der Waals surface area contributed by atoms with E-state index in [-0.39, 0.29) is 5.91 Å². The van der Waals surface area contributed by atoms with E-state index in [1.165, 1.54) is 6.42 Å². The summed E-state index contributed by atoms with van der Waals surface area (Å²) in [5.74, 6) is 1.61. The maximum Gasteiger partial charge on any atom is 0.261 e. The van der Waals surface area contributed by atoms with Crippen LogP contribution < -0.4 is 9.47 Å². The highest BCUT2D eigenvalue weighted by Gasteiger charge is 2.27.